The summed E-state index contributed by atoms with van der Waals surface area (Å²) in [6.45, 7) is 10.7. The Morgan fingerprint density at radius 1 is 0.692 bits per heavy atom. The molecule has 1 aliphatic carbocycles. The minimum atomic E-state index is -0.728. The van der Waals surface area contributed by atoms with Crippen molar-refractivity contribution in [3.63, 3.8) is 0 Å². The van der Waals surface area contributed by atoms with Crippen LogP contribution in [0.1, 0.15) is 80.1 Å². The van der Waals surface area contributed by atoms with Crippen molar-refractivity contribution in [2.75, 3.05) is 13.2 Å². The molecule has 1 rings (SSSR count). The first-order valence-corrected chi connectivity index (χ1v) is 9.72. The lowest BCUT2D eigenvalue weighted by Gasteiger charge is -2.25. The molecule has 0 spiro atoms. The van der Waals surface area contributed by atoms with E-state index in [2.05, 4.69) is 0 Å². The zero-order valence-electron chi connectivity index (χ0n) is 17.6. The van der Waals surface area contributed by atoms with E-state index < -0.39 is 23.4 Å². The van der Waals surface area contributed by atoms with Crippen LogP contribution in [0.4, 0.5) is 0 Å². The van der Waals surface area contributed by atoms with Crippen molar-refractivity contribution in [3.05, 3.63) is 0 Å². The summed E-state index contributed by atoms with van der Waals surface area (Å²) in [5.41, 5.74) is -1.46. The molecule has 1 saturated carbocycles. The highest BCUT2D eigenvalue weighted by Crippen LogP contribution is 2.27. The molecule has 6 N–H and O–H groups in total. The highest BCUT2D eigenvalue weighted by Gasteiger charge is 2.19. The van der Waals surface area contributed by atoms with Gasteiger partial charge in [-0.25, -0.2) is 0 Å². The fraction of sp³-hybridized carbons (Fsp3) is 1.00. The van der Waals surface area contributed by atoms with Gasteiger partial charge >= 0.3 is 0 Å². The van der Waals surface area contributed by atoms with Crippen molar-refractivity contribution < 1.29 is 30.6 Å². The van der Waals surface area contributed by atoms with Gasteiger partial charge in [0.25, 0.3) is 0 Å². The average molecular weight is 381 g/mol. The Balaban J connectivity index is 0. The topological polar surface area (TPSA) is 121 Å². The molecule has 160 valence electrons. The highest BCUT2D eigenvalue weighted by atomic mass is 16.3. The molecule has 0 heterocycles. The number of aliphatic hydroxyl groups excluding tert-OH is 4. The van der Waals surface area contributed by atoms with Crippen LogP contribution in [0.5, 0.6) is 0 Å². The van der Waals surface area contributed by atoms with Gasteiger partial charge in [0.05, 0.1) is 23.4 Å². The second kappa shape index (κ2) is 13.9. The molecule has 26 heavy (non-hydrogen) atoms. The van der Waals surface area contributed by atoms with E-state index in [-0.39, 0.29) is 0 Å². The monoisotopic (exact) mass is 380 g/mol. The van der Waals surface area contributed by atoms with Crippen molar-refractivity contribution >= 4 is 0 Å². The molecule has 0 amide bonds. The Hall–Kier alpha value is -0.240. The number of hydrogen-bond donors (Lipinski definition) is 6. The second-order valence-electron chi connectivity index (χ2n) is 8.98. The van der Waals surface area contributed by atoms with Crippen LogP contribution in [0.2, 0.25) is 0 Å². The predicted molar refractivity (Wildman–Crippen MR) is 105 cm³/mol. The molecular formula is C20H44O6. The molecule has 6 nitrogen and oxygen atoms in total. The van der Waals surface area contributed by atoms with Crippen LogP contribution in [-0.2, 0) is 0 Å². The second-order valence-corrected chi connectivity index (χ2v) is 8.98. The molecule has 2 unspecified atom stereocenters. The van der Waals surface area contributed by atoms with Crippen molar-refractivity contribution in [1.82, 2.24) is 0 Å². The maximum absolute atomic E-state index is 9.03. The first kappa shape index (κ1) is 28.0. The Morgan fingerprint density at radius 2 is 0.923 bits per heavy atom. The van der Waals surface area contributed by atoms with E-state index in [4.69, 9.17) is 30.6 Å². The van der Waals surface area contributed by atoms with E-state index in [1.807, 2.05) is 0 Å². The number of hydrogen-bond acceptors (Lipinski definition) is 6. The highest BCUT2D eigenvalue weighted by molar-refractivity contribution is 4.71. The van der Waals surface area contributed by atoms with Gasteiger partial charge in [0.15, 0.2) is 0 Å². The SMILES string of the molecule is CC(O)CC(C)(C)O.CC(O)CC(C)(C)O.OCC1CCC(CO)CC1. The van der Waals surface area contributed by atoms with Crippen molar-refractivity contribution in [3.8, 4) is 0 Å². The molecule has 0 radical (unpaired) electrons. The third-order valence-corrected chi connectivity index (χ3v) is 4.07. The van der Waals surface area contributed by atoms with E-state index >= 15 is 0 Å². The summed E-state index contributed by atoms with van der Waals surface area (Å²) in [4.78, 5) is 0. The molecule has 0 aromatic rings. The maximum Gasteiger partial charge on any atom is 0.0616 e. The normalized spacial score (nSPS) is 23.1. The zero-order chi connectivity index (χ0) is 21.0. The average Bonchev–Trinajstić information content (AvgIpc) is 2.43. The fourth-order valence-electron chi connectivity index (χ4n) is 3.04. The van der Waals surface area contributed by atoms with Crippen LogP contribution in [-0.4, -0.2) is 67.3 Å². The molecule has 0 aliphatic heterocycles. The van der Waals surface area contributed by atoms with Gasteiger partial charge < -0.3 is 30.6 Å². The molecule has 0 aromatic heterocycles. The maximum atomic E-state index is 9.03. The minimum Gasteiger partial charge on any atom is -0.396 e. The van der Waals surface area contributed by atoms with E-state index in [1.165, 1.54) is 0 Å². The smallest absolute Gasteiger partial charge is 0.0616 e. The van der Waals surface area contributed by atoms with Crippen molar-refractivity contribution in [1.29, 1.82) is 0 Å². The summed E-state index contributed by atoms with van der Waals surface area (Å²) in [7, 11) is 0. The van der Waals surface area contributed by atoms with Crippen LogP contribution in [0.15, 0.2) is 0 Å². The Kier molecular flexibility index (Phi) is 14.9. The van der Waals surface area contributed by atoms with Crippen LogP contribution in [0.25, 0.3) is 0 Å². The molecule has 1 fully saturated rings. The lowest BCUT2D eigenvalue weighted by molar-refractivity contribution is 0.0238. The fourth-order valence-corrected chi connectivity index (χ4v) is 3.04. The Labute approximate surface area is 159 Å². The molecule has 0 saturated heterocycles. The van der Waals surface area contributed by atoms with Gasteiger partial charge in [0, 0.05) is 26.1 Å². The Morgan fingerprint density at radius 3 is 1.00 bits per heavy atom. The third kappa shape index (κ3) is 21.8. The molecule has 1 aliphatic rings. The van der Waals surface area contributed by atoms with Crippen LogP contribution >= 0.6 is 0 Å². The van der Waals surface area contributed by atoms with Gasteiger partial charge in [-0.15, -0.1) is 0 Å². The van der Waals surface area contributed by atoms with Crippen molar-refractivity contribution in [2.24, 2.45) is 11.8 Å². The number of aliphatic hydroxyl groups is 6. The van der Waals surface area contributed by atoms with E-state index in [1.54, 1.807) is 41.5 Å². The number of rotatable bonds is 6. The predicted octanol–water partition coefficient (Wildman–Crippen LogP) is 1.83. The summed E-state index contributed by atoms with van der Waals surface area (Å²) in [5.74, 6) is 1.03. The molecular weight excluding hydrogens is 336 g/mol. The largest absolute Gasteiger partial charge is 0.396 e. The first-order valence-electron chi connectivity index (χ1n) is 9.72. The summed E-state index contributed by atoms with van der Waals surface area (Å²) >= 11 is 0. The summed E-state index contributed by atoms with van der Waals surface area (Å²) in [6.07, 6.45) is 4.46. The molecule has 0 aromatic carbocycles. The van der Waals surface area contributed by atoms with Crippen LogP contribution in [0, 0.1) is 11.8 Å². The van der Waals surface area contributed by atoms with E-state index in [0.717, 1.165) is 25.7 Å². The van der Waals surface area contributed by atoms with Crippen LogP contribution in [0.3, 0.4) is 0 Å². The molecule has 2 atom stereocenters. The van der Waals surface area contributed by atoms with Gasteiger partial charge in [0.2, 0.25) is 0 Å². The quantitative estimate of drug-likeness (QED) is 0.418. The standard InChI is InChI=1S/C8H16O2.2C6H14O2/c9-5-7-1-2-8(6-10)4-3-7;2*1-5(7)4-6(2,3)8/h7-10H,1-6H2;2*5,7-8H,4H2,1-3H3. The molecule has 6 heteroatoms. The lowest BCUT2D eigenvalue weighted by atomic mass is 9.83. The van der Waals surface area contributed by atoms with Gasteiger partial charge in [-0.3, -0.25) is 0 Å². The van der Waals surface area contributed by atoms with Gasteiger partial charge in [-0.2, -0.15) is 0 Å². The van der Waals surface area contributed by atoms with Crippen LogP contribution < -0.4 is 0 Å². The van der Waals surface area contributed by atoms with Gasteiger partial charge in [-0.1, -0.05) is 0 Å². The minimum absolute atomic E-state index is 0.331. The summed E-state index contributed by atoms with van der Waals surface area (Å²) in [5, 5.41) is 53.1. The van der Waals surface area contributed by atoms with Gasteiger partial charge in [0.1, 0.15) is 0 Å². The third-order valence-electron chi connectivity index (χ3n) is 4.07. The summed E-state index contributed by atoms with van der Waals surface area (Å²) < 4.78 is 0. The lowest BCUT2D eigenvalue weighted by Crippen LogP contribution is -2.24. The molecule has 0 bridgehead atoms. The van der Waals surface area contributed by atoms with Gasteiger partial charge in [-0.05, 0) is 79.1 Å². The van der Waals surface area contributed by atoms with E-state index in [9.17, 15) is 0 Å². The Bertz CT molecular complexity index is 277. The zero-order valence-corrected chi connectivity index (χ0v) is 17.6. The summed E-state index contributed by atoms with van der Waals surface area (Å²) in [6, 6.07) is 0. The van der Waals surface area contributed by atoms with Crippen molar-refractivity contribution in [2.45, 2.75) is 103 Å². The first-order chi connectivity index (χ1) is 11.7. The van der Waals surface area contributed by atoms with E-state index in [0.29, 0.717) is 37.9 Å².